The maximum Gasteiger partial charge on any atom is 0.225 e. The lowest BCUT2D eigenvalue weighted by Crippen LogP contribution is -2.35. The molecular weight excluding hydrogens is 326 g/mol. The number of benzene rings is 1. The zero-order valence-corrected chi connectivity index (χ0v) is 15.0. The summed E-state index contributed by atoms with van der Waals surface area (Å²) in [6, 6.07) is 13.2. The van der Waals surface area contributed by atoms with E-state index in [-0.39, 0.29) is 17.9 Å². The molecule has 0 aliphatic carbocycles. The highest BCUT2D eigenvalue weighted by Crippen LogP contribution is 2.19. The lowest BCUT2D eigenvalue weighted by molar-refractivity contribution is -0.125. The second-order valence-electron chi connectivity index (χ2n) is 6.31. The number of hydrogen-bond acceptors (Lipinski definition) is 4. The largest absolute Gasteiger partial charge is 0.352 e. The summed E-state index contributed by atoms with van der Waals surface area (Å²) >= 11 is 0. The first-order valence-corrected chi connectivity index (χ1v) is 8.59. The molecule has 0 aliphatic heterocycles. The van der Waals surface area contributed by atoms with Crippen LogP contribution in [0.4, 0.5) is 0 Å². The summed E-state index contributed by atoms with van der Waals surface area (Å²) in [5.74, 6) is 1.28. The Kier molecular flexibility index (Phi) is 5.43. The standard InChI is InChI=1S/C20H23N5O/c1-14(19(21)17-6-4-3-5-7-17)20(26)24-13-16-8-9-18(23-12-16)25-11-10-22-15(25)2/h3-12,14,19H,13,21H2,1-2H3,(H,24,26). The summed E-state index contributed by atoms with van der Waals surface area (Å²) in [6.07, 6.45) is 5.37. The molecule has 0 saturated heterocycles. The monoisotopic (exact) mass is 349 g/mol. The predicted octanol–water partition coefficient (Wildman–Crippen LogP) is 2.53. The Morgan fingerprint density at radius 3 is 2.58 bits per heavy atom. The first-order valence-electron chi connectivity index (χ1n) is 8.59. The van der Waals surface area contributed by atoms with Gasteiger partial charge in [-0.1, -0.05) is 43.3 Å². The fraction of sp³-hybridized carbons (Fsp3) is 0.250. The number of amides is 1. The maximum absolute atomic E-state index is 12.4. The SMILES string of the molecule is Cc1nccn1-c1ccc(CNC(=O)C(C)C(N)c2ccccc2)cn1. The van der Waals surface area contributed by atoms with Crippen LogP contribution in [0.25, 0.3) is 5.82 Å². The molecular formula is C20H23N5O. The number of aromatic nitrogens is 3. The van der Waals surface area contributed by atoms with E-state index in [0.29, 0.717) is 6.54 Å². The Morgan fingerprint density at radius 2 is 1.96 bits per heavy atom. The van der Waals surface area contributed by atoms with E-state index in [0.717, 1.165) is 22.8 Å². The molecule has 0 aliphatic rings. The average Bonchev–Trinajstić information content (AvgIpc) is 3.12. The fourth-order valence-corrected chi connectivity index (χ4v) is 2.76. The van der Waals surface area contributed by atoms with Gasteiger partial charge in [0.1, 0.15) is 11.6 Å². The van der Waals surface area contributed by atoms with Crippen LogP contribution < -0.4 is 11.1 Å². The highest BCUT2D eigenvalue weighted by Gasteiger charge is 2.21. The van der Waals surface area contributed by atoms with Crippen LogP contribution >= 0.6 is 0 Å². The first-order chi connectivity index (χ1) is 12.6. The van der Waals surface area contributed by atoms with Crippen molar-refractivity contribution in [2.24, 2.45) is 11.7 Å². The Morgan fingerprint density at radius 1 is 1.19 bits per heavy atom. The van der Waals surface area contributed by atoms with Crippen LogP contribution in [-0.2, 0) is 11.3 Å². The summed E-state index contributed by atoms with van der Waals surface area (Å²) < 4.78 is 1.91. The maximum atomic E-state index is 12.4. The molecule has 6 nitrogen and oxygen atoms in total. The third-order valence-electron chi connectivity index (χ3n) is 4.49. The Balaban J connectivity index is 1.58. The molecule has 1 amide bonds. The van der Waals surface area contributed by atoms with Crippen LogP contribution in [0.2, 0.25) is 0 Å². The molecule has 0 saturated carbocycles. The second kappa shape index (κ2) is 7.93. The Labute approximate surface area is 153 Å². The molecule has 26 heavy (non-hydrogen) atoms. The number of carbonyl (C=O) groups excluding carboxylic acids is 1. The number of aryl methyl sites for hydroxylation is 1. The third-order valence-corrected chi connectivity index (χ3v) is 4.49. The van der Waals surface area contributed by atoms with E-state index < -0.39 is 0 Å². The molecule has 3 rings (SSSR count). The third kappa shape index (κ3) is 3.97. The highest BCUT2D eigenvalue weighted by atomic mass is 16.1. The predicted molar refractivity (Wildman–Crippen MR) is 100 cm³/mol. The molecule has 2 aromatic heterocycles. The van der Waals surface area contributed by atoms with Crippen molar-refractivity contribution in [2.75, 3.05) is 0 Å². The molecule has 0 bridgehead atoms. The van der Waals surface area contributed by atoms with Gasteiger partial charge in [-0.25, -0.2) is 9.97 Å². The van der Waals surface area contributed by atoms with Crippen molar-refractivity contribution in [3.8, 4) is 5.82 Å². The minimum Gasteiger partial charge on any atom is -0.352 e. The van der Waals surface area contributed by atoms with Crippen molar-refractivity contribution in [2.45, 2.75) is 26.4 Å². The minimum atomic E-state index is -0.332. The summed E-state index contributed by atoms with van der Waals surface area (Å²) in [4.78, 5) is 21.0. The van der Waals surface area contributed by atoms with E-state index in [2.05, 4.69) is 15.3 Å². The molecule has 3 N–H and O–H groups in total. The van der Waals surface area contributed by atoms with Crippen molar-refractivity contribution >= 4 is 5.91 Å². The Hall–Kier alpha value is -2.99. The van der Waals surface area contributed by atoms with E-state index in [4.69, 9.17) is 5.73 Å². The highest BCUT2D eigenvalue weighted by molar-refractivity contribution is 5.79. The molecule has 2 heterocycles. The van der Waals surface area contributed by atoms with Crippen molar-refractivity contribution in [3.63, 3.8) is 0 Å². The van der Waals surface area contributed by atoms with E-state index in [1.807, 2.05) is 67.1 Å². The summed E-state index contributed by atoms with van der Waals surface area (Å²) in [6.45, 7) is 4.18. The average molecular weight is 349 g/mol. The number of rotatable bonds is 6. The van der Waals surface area contributed by atoms with Crippen LogP contribution in [-0.4, -0.2) is 20.4 Å². The van der Waals surface area contributed by atoms with Crippen LogP contribution in [0.5, 0.6) is 0 Å². The van der Waals surface area contributed by atoms with Gasteiger partial charge in [0.25, 0.3) is 0 Å². The molecule has 2 unspecified atom stereocenters. The fourth-order valence-electron chi connectivity index (χ4n) is 2.76. The molecule has 134 valence electrons. The first kappa shape index (κ1) is 17.8. The Bertz CT molecular complexity index is 857. The molecule has 1 aromatic carbocycles. The van der Waals surface area contributed by atoms with Gasteiger partial charge in [0, 0.05) is 31.2 Å². The summed E-state index contributed by atoms with van der Waals surface area (Å²) in [5, 5.41) is 2.94. The number of nitrogens with zero attached hydrogens (tertiary/aromatic N) is 3. The van der Waals surface area contributed by atoms with E-state index in [9.17, 15) is 4.79 Å². The van der Waals surface area contributed by atoms with Gasteiger partial charge >= 0.3 is 0 Å². The van der Waals surface area contributed by atoms with Crippen molar-refractivity contribution in [1.82, 2.24) is 19.9 Å². The zero-order valence-electron chi connectivity index (χ0n) is 15.0. The smallest absolute Gasteiger partial charge is 0.225 e. The van der Waals surface area contributed by atoms with Gasteiger partial charge in [0.05, 0.1) is 5.92 Å². The number of pyridine rings is 1. The molecule has 6 heteroatoms. The van der Waals surface area contributed by atoms with E-state index in [1.165, 1.54) is 0 Å². The second-order valence-corrected chi connectivity index (χ2v) is 6.31. The molecule has 0 radical (unpaired) electrons. The van der Waals surface area contributed by atoms with Gasteiger partial charge in [0.2, 0.25) is 5.91 Å². The van der Waals surface area contributed by atoms with Gasteiger partial charge in [-0.3, -0.25) is 9.36 Å². The number of carbonyl (C=O) groups is 1. The number of nitrogens with two attached hydrogens (primary N) is 1. The van der Waals surface area contributed by atoms with Gasteiger partial charge in [-0.05, 0) is 24.1 Å². The normalized spacial score (nSPS) is 13.2. The van der Waals surface area contributed by atoms with Crippen molar-refractivity contribution in [1.29, 1.82) is 0 Å². The van der Waals surface area contributed by atoms with Crippen LogP contribution in [0.3, 0.4) is 0 Å². The minimum absolute atomic E-state index is 0.0733. The summed E-state index contributed by atoms with van der Waals surface area (Å²) in [7, 11) is 0. The molecule has 0 spiro atoms. The zero-order chi connectivity index (χ0) is 18.5. The quantitative estimate of drug-likeness (QED) is 0.716. The van der Waals surface area contributed by atoms with Gasteiger partial charge in [0.15, 0.2) is 0 Å². The van der Waals surface area contributed by atoms with Crippen LogP contribution in [0.1, 0.15) is 29.9 Å². The number of imidazole rings is 1. The lowest BCUT2D eigenvalue weighted by Gasteiger charge is -2.19. The van der Waals surface area contributed by atoms with Gasteiger partial charge in [-0.2, -0.15) is 0 Å². The van der Waals surface area contributed by atoms with Crippen LogP contribution in [0.15, 0.2) is 61.1 Å². The van der Waals surface area contributed by atoms with Crippen molar-refractivity contribution < 1.29 is 4.79 Å². The molecule has 3 aromatic rings. The van der Waals surface area contributed by atoms with E-state index in [1.54, 1.807) is 12.4 Å². The lowest BCUT2D eigenvalue weighted by atomic mass is 9.94. The van der Waals surface area contributed by atoms with Crippen LogP contribution in [0, 0.1) is 12.8 Å². The molecule has 0 fully saturated rings. The van der Waals surface area contributed by atoms with E-state index >= 15 is 0 Å². The topological polar surface area (TPSA) is 85.8 Å². The molecule has 2 atom stereocenters. The van der Waals surface area contributed by atoms with Crippen molar-refractivity contribution in [3.05, 3.63) is 78.0 Å². The van der Waals surface area contributed by atoms with Gasteiger partial charge in [-0.15, -0.1) is 0 Å². The summed E-state index contributed by atoms with van der Waals surface area (Å²) in [5.41, 5.74) is 8.10. The number of nitrogens with one attached hydrogen (secondary N) is 1. The number of hydrogen-bond donors (Lipinski definition) is 2. The van der Waals surface area contributed by atoms with Gasteiger partial charge < -0.3 is 11.1 Å².